The first-order chi connectivity index (χ1) is 16.3. The number of thiophene rings is 1. The predicted octanol–water partition coefficient (Wildman–Crippen LogP) is 6.25. The minimum atomic E-state index is -4.70. The van der Waals surface area contributed by atoms with Crippen LogP contribution in [0.5, 0.6) is 5.75 Å². The summed E-state index contributed by atoms with van der Waals surface area (Å²) in [6.45, 7) is 1.10. The fraction of sp³-hybridized carbons (Fsp3) is 0.273. The van der Waals surface area contributed by atoms with E-state index in [-0.39, 0.29) is 25.4 Å². The monoisotopic (exact) mass is 552 g/mol. The van der Waals surface area contributed by atoms with E-state index in [1.54, 1.807) is 0 Å². The van der Waals surface area contributed by atoms with Crippen molar-refractivity contribution in [2.75, 3.05) is 24.9 Å². The van der Waals surface area contributed by atoms with Crippen molar-refractivity contribution in [1.29, 1.82) is 0 Å². The van der Waals surface area contributed by atoms with E-state index < -0.39 is 45.3 Å². The van der Waals surface area contributed by atoms with Crippen LogP contribution < -0.4 is 9.46 Å². The molecule has 1 aliphatic rings. The average Bonchev–Trinajstić information content (AvgIpc) is 3.33. The summed E-state index contributed by atoms with van der Waals surface area (Å²) in [4.78, 5) is 1.91. The largest absolute Gasteiger partial charge is 0.488 e. The maximum absolute atomic E-state index is 14.2. The van der Waals surface area contributed by atoms with Crippen LogP contribution in [0.3, 0.4) is 0 Å². The Balaban J connectivity index is 1.63. The quantitative estimate of drug-likeness (QED) is 0.367. The first kappa shape index (κ1) is 25.7. The zero-order valence-corrected chi connectivity index (χ0v) is 20.4. The molecular weight excluding hydrogens is 535 g/mol. The number of likely N-dealkylation sites (tertiary alicyclic amines) is 1. The van der Waals surface area contributed by atoms with Crippen LogP contribution in [0.15, 0.2) is 46.7 Å². The highest BCUT2D eigenvalue weighted by atomic mass is 35.5. The number of anilines is 1. The van der Waals surface area contributed by atoms with E-state index in [9.17, 15) is 30.4 Å². The van der Waals surface area contributed by atoms with E-state index in [4.69, 9.17) is 16.3 Å². The molecule has 1 fully saturated rings. The molecule has 1 aliphatic heterocycles. The first-order valence-electron chi connectivity index (χ1n) is 10.2. The summed E-state index contributed by atoms with van der Waals surface area (Å²) in [5.74, 6) is -2.23. The molecule has 0 bridgehead atoms. The van der Waals surface area contributed by atoms with E-state index in [0.717, 1.165) is 36.4 Å². The number of benzene rings is 2. The van der Waals surface area contributed by atoms with Crippen LogP contribution in [0.25, 0.3) is 11.1 Å². The van der Waals surface area contributed by atoms with Crippen molar-refractivity contribution in [3.63, 3.8) is 0 Å². The highest BCUT2D eigenvalue weighted by Crippen LogP contribution is 2.41. The van der Waals surface area contributed by atoms with Gasteiger partial charge in [0, 0.05) is 36.3 Å². The van der Waals surface area contributed by atoms with Gasteiger partial charge in [-0.1, -0.05) is 11.6 Å². The van der Waals surface area contributed by atoms with Gasteiger partial charge in [-0.3, -0.25) is 4.72 Å². The molecule has 1 saturated heterocycles. The molecule has 3 aromatic rings. The molecule has 0 aliphatic carbocycles. The number of alkyl halides is 3. The van der Waals surface area contributed by atoms with Crippen molar-refractivity contribution < 1.29 is 35.1 Å². The molecule has 5 nitrogen and oxygen atoms in total. The lowest BCUT2D eigenvalue weighted by atomic mass is 10.1. The van der Waals surface area contributed by atoms with Gasteiger partial charge in [-0.2, -0.15) is 13.2 Å². The standard InChI is InChI=1S/C22H18ClF5N2O3S2/c1-30-7-6-14(11-30)33-19-9-13(3-5-17(19)22(26,27)28)29-35(31,32)20-10-16(21(23)34-20)15-4-2-12(24)8-18(15)25/h2-5,8-10,14,29H,6-7,11H2,1H3/t14-/m1/s1. The minimum Gasteiger partial charge on any atom is -0.488 e. The molecule has 35 heavy (non-hydrogen) atoms. The van der Waals surface area contributed by atoms with E-state index in [0.29, 0.717) is 36.9 Å². The number of ether oxygens (including phenoxy) is 1. The minimum absolute atomic E-state index is 0.0383. The number of hydrogen-bond donors (Lipinski definition) is 1. The van der Waals surface area contributed by atoms with E-state index in [2.05, 4.69) is 4.72 Å². The van der Waals surface area contributed by atoms with Crippen LogP contribution in [0.2, 0.25) is 4.34 Å². The Bertz CT molecular complexity index is 1360. The van der Waals surface area contributed by atoms with Crippen molar-refractivity contribution in [1.82, 2.24) is 4.90 Å². The van der Waals surface area contributed by atoms with Gasteiger partial charge in [0.05, 0.1) is 11.3 Å². The number of hydrogen-bond acceptors (Lipinski definition) is 5. The molecule has 0 unspecified atom stereocenters. The van der Waals surface area contributed by atoms with E-state index >= 15 is 0 Å². The molecule has 1 N–H and O–H groups in total. The molecular formula is C22H18ClF5N2O3S2. The molecule has 1 aromatic heterocycles. The molecule has 0 amide bonds. The second-order valence-electron chi connectivity index (χ2n) is 7.98. The third-order valence-electron chi connectivity index (χ3n) is 5.33. The van der Waals surface area contributed by atoms with Gasteiger partial charge in [0.25, 0.3) is 10.0 Å². The molecule has 13 heteroatoms. The summed E-state index contributed by atoms with van der Waals surface area (Å²) in [6.07, 6.45) is -4.65. The van der Waals surface area contributed by atoms with E-state index in [1.165, 1.54) is 0 Å². The van der Waals surface area contributed by atoms with Crippen molar-refractivity contribution in [2.45, 2.75) is 22.9 Å². The third-order valence-corrected chi connectivity index (χ3v) is 8.54. The summed E-state index contributed by atoms with van der Waals surface area (Å²) in [6, 6.07) is 6.58. The van der Waals surface area contributed by atoms with Crippen LogP contribution >= 0.6 is 22.9 Å². The van der Waals surface area contributed by atoms with Crippen molar-refractivity contribution >= 4 is 38.6 Å². The Morgan fingerprint density at radius 2 is 1.86 bits per heavy atom. The molecule has 0 radical (unpaired) electrons. The van der Waals surface area contributed by atoms with Crippen molar-refractivity contribution in [3.8, 4) is 16.9 Å². The SMILES string of the molecule is CN1CC[C@@H](Oc2cc(NS(=O)(=O)c3cc(-c4ccc(F)cc4F)c(Cl)s3)ccc2C(F)(F)F)C1. The Kier molecular flexibility index (Phi) is 7.02. The summed E-state index contributed by atoms with van der Waals surface area (Å²) < 4.78 is 101. The fourth-order valence-electron chi connectivity index (χ4n) is 3.66. The lowest BCUT2D eigenvalue weighted by Crippen LogP contribution is -2.23. The van der Waals surface area contributed by atoms with Crippen molar-refractivity contribution in [3.05, 3.63) is 64.0 Å². The molecule has 4 rings (SSSR count). The second-order valence-corrected chi connectivity index (χ2v) is 11.5. The van der Waals surface area contributed by atoms with Gasteiger partial charge in [0.1, 0.15) is 32.0 Å². The van der Waals surface area contributed by atoms with Crippen molar-refractivity contribution in [2.24, 2.45) is 0 Å². The zero-order valence-electron chi connectivity index (χ0n) is 18.0. The third kappa shape index (κ3) is 5.71. The maximum Gasteiger partial charge on any atom is 0.419 e. The van der Waals surface area contributed by atoms with Gasteiger partial charge in [-0.15, -0.1) is 11.3 Å². The number of sulfonamides is 1. The first-order valence-corrected chi connectivity index (χ1v) is 12.9. The van der Waals surface area contributed by atoms with Crippen LogP contribution in [-0.4, -0.2) is 39.6 Å². The number of likely N-dealkylation sites (N-methyl/N-ethyl adjacent to an activating group) is 1. The van der Waals surface area contributed by atoms with E-state index in [1.807, 2.05) is 11.9 Å². The van der Waals surface area contributed by atoms with Crippen LogP contribution in [0, 0.1) is 11.6 Å². The lowest BCUT2D eigenvalue weighted by molar-refractivity contribution is -0.139. The maximum atomic E-state index is 14.2. The van der Waals surface area contributed by atoms with Gasteiger partial charge >= 0.3 is 6.18 Å². The number of nitrogens with one attached hydrogen (secondary N) is 1. The van der Waals surface area contributed by atoms with Crippen LogP contribution in [-0.2, 0) is 16.2 Å². The average molecular weight is 553 g/mol. The topological polar surface area (TPSA) is 58.6 Å². The fourth-order valence-corrected chi connectivity index (χ4v) is 6.46. The smallest absolute Gasteiger partial charge is 0.419 e. The molecule has 1 atom stereocenters. The molecule has 0 spiro atoms. The Morgan fingerprint density at radius 1 is 1.11 bits per heavy atom. The Morgan fingerprint density at radius 3 is 2.49 bits per heavy atom. The lowest BCUT2D eigenvalue weighted by Gasteiger charge is -2.19. The van der Waals surface area contributed by atoms with Gasteiger partial charge in [0.2, 0.25) is 0 Å². The predicted molar refractivity (Wildman–Crippen MR) is 123 cm³/mol. The number of rotatable bonds is 6. The molecule has 2 heterocycles. The number of nitrogens with zero attached hydrogens (tertiary/aromatic N) is 1. The summed E-state index contributed by atoms with van der Waals surface area (Å²) in [5, 5.41) is 0. The number of halogens is 6. The summed E-state index contributed by atoms with van der Waals surface area (Å²) >= 11 is 6.74. The van der Waals surface area contributed by atoms with Gasteiger partial charge < -0.3 is 9.64 Å². The van der Waals surface area contributed by atoms with Crippen LogP contribution in [0.1, 0.15) is 12.0 Å². The highest BCUT2D eigenvalue weighted by molar-refractivity contribution is 7.94. The van der Waals surface area contributed by atoms with Gasteiger partial charge in [0.15, 0.2) is 0 Å². The Labute approximate surface area is 207 Å². The normalized spacial score (nSPS) is 17.1. The molecule has 2 aromatic carbocycles. The zero-order chi connectivity index (χ0) is 25.5. The van der Waals surface area contributed by atoms with Gasteiger partial charge in [-0.05, 0) is 43.8 Å². The molecule has 0 saturated carbocycles. The molecule has 188 valence electrons. The van der Waals surface area contributed by atoms with Crippen LogP contribution in [0.4, 0.5) is 27.6 Å². The second kappa shape index (κ2) is 9.57. The van der Waals surface area contributed by atoms with Gasteiger partial charge in [-0.25, -0.2) is 17.2 Å². The summed E-state index contributed by atoms with van der Waals surface area (Å²) in [7, 11) is -2.49. The Hall–Kier alpha value is -2.41. The highest BCUT2D eigenvalue weighted by Gasteiger charge is 2.36. The summed E-state index contributed by atoms with van der Waals surface area (Å²) in [5.41, 5.74) is -1.24.